The van der Waals surface area contributed by atoms with Crippen LogP contribution in [0.15, 0.2) is 24.3 Å². The summed E-state index contributed by atoms with van der Waals surface area (Å²) in [5.41, 5.74) is -1.33. The number of nitrogens with one attached hydrogen (secondary N) is 2. The molecule has 1 aromatic carbocycles. The zero-order valence-corrected chi connectivity index (χ0v) is 22.2. The molecule has 2 N–H and O–H groups in total. The van der Waals surface area contributed by atoms with E-state index in [1.165, 1.54) is 50.1 Å². The lowest BCUT2D eigenvalue weighted by molar-refractivity contribution is -0.146. The van der Waals surface area contributed by atoms with Crippen LogP contribution in [0.1, 0.15) is 49.6 Å². The van der Waals surface area contributed by atoms with Gasteiger partial charge in [0.05, 0.1) is 18.9 Å². The van der Waals surface area contributed by atoms with E-state index < -0.39 is 50.6 Å². The molecule has 0 bridgehead atoms. The molecule has 0 spiro atoms. The molecular weight excluding hydrogens is 509 g/mol. The van der Waals surface area contributed by atoms with E-state index in [0.717, 1.165) is 6.26 Å². The van der Waals surface area contributed by atoms with Gasteiger partial charge in [-0.2, -0.15) is 13.4 Å². The smallest absolute Gasteiger partial charge is 0.311 e. The first-order valence-corrected chi connectivity index (χ1v) is 13.0. The molecule has 2 aromatic rings. The summed E-state index contributed by atoms with van der Waals surface area (Å²) >= 11 is 0. The standard InChI is InChI=1S/C23H30FN5O7S/c1-7-29(8-2)21(32)19(31)28-23(3,4)22-26-16(17(20(27-22)35-5)36-37(6,33)34)18(30)25-13-14-9-11-15(24)12-10-14/h9-12H,7-8,13H2,1-6H3,(H,25,30)(H,28,31). The highest BCUT2D eigenvalue weighted by atomic mass is 32.2. The Morgan fingerprint density at radius 1 is 1.08 bits per heavy atom. The number of rotatable bonds is 10. The van der Waals surface area contributed by atoms with Crippen LogP contribution in [-0.4, -0.2) is 67.5 Å². The largest absolute Gasteiger partial charge is 0.478 e. The van der Waals surface area contributed by atoms with Crippen LogP contribution in [0.25, 0.3) is 0 Å². The fourth-order valence-electron chi connectivity index (χ4n) is 3.14. The Balaban J connectivity index is 2.49. The van der Waals surface area contributed by atoms with E-state index in [0.29, 0.717) is 18.7 Å². The molecule has 0 aliphatic rings. The third kappa shape index (κ3) is 7.84. The molecule has 0 unspecified atom stereocenters. The molecule has 0 saturated heterocycles. The highest BCUT2D eigenvalue weighted by molar-refractivity contribution is 7.86. The van der Waals surface area contributed by atoms with Crippen LogP contribution < -0.4 is 19.6 Å². The van der Waals surface area contributed by atoms with Gasteiger partial charge in [0.1, 0.15) is 5.82 Å². The summed E-state index contributed by atoms with van der Waals surface area (Å²) in [4.78, 5) is 47.7. The van der Waals surface area contributed by atoms with Gasteiger partial charge in [-0.1, -0.05) is 12.1 Å². The van der Waals surface area contributed by atoms with Crippen molar-refractivity contribution in [1.82, 2.24) is 25.5 Å². The normalized spacial score (nSPS) is 11.4. The minimum Gasteiger partial charge on any atom is -0.478 e. The number of carbonyl (C=O) groups is 3. The first-order valence-electron chi connectivity index (χ1n) is 11.2. The first-order chi connectivity index (χ1) is 17.2. The van der Waals surface area contributed by atoms with Crippen molar-refractivity contribution in [3.05, 3.63) is 47.2 Å². The average Bonchev–Trinajstić information content (AvgIpc) is 2.82. The predicted octanol–water partition coefficient (Wildman–Crippen LogP) is 1.11. The molecular formula is C23H30FN5O7S. The van der Waals surface area contributed by atoms with E-state index in [2.05, 4.69) is 20.6 Å². The van der Waals surface area contributed by atoms with Gasteiger partial charge in [-0.05, 0) is 45.4 Å². The van der Waals surface area contributed by atoms with Gasteiger partial charge in [-0.3, -0.25) is 14.4 Å². The van der Waals surface area contributed by atoms with Crippen molar-refractivity contribution >= 4 is 27.8 Å². The Morgan fingerprint density at radius 2 is 1.68 bits per heavy atom. The lowest BCUT2D eigenvalue weighted by Crippen LogP contribution is -2.50. The van der Waals surface area contributed by atoms with Crippen molar-refractivity contribution in [2.75, 3.05) is 26.5 Å². The number of amides is 3. The summed E-state index contributed by atoms with van der Waals surface area (Å²) in [6.07, 6.45) is 0.767. The third-order valence-electron chi connectivity index (χ3n) is 5.07. The van der Waals surface area contributed by atoms with Crippen molar-refractivity contribution in [3.8, 4) is 11.6 Å². The molecule has 0 radical (unpaired) electrons. The summed E-state index contributed by atoms with van der Waals surface area (Å²) in [5, 5.41) is 5.08. The van der Waals surface area contributed by atoms with Crippen LogP contribution in [0.4, 0.5) is 4.39 Å². The lowest BCUT2D eigenvalue weighted by atomic mass is 10.0. The number of methoxy groups -OCH3 is 1. The summed E-state index contributed by atoms with van der Waals surface area (Å²) in [6.45, 7) is 7.04. The fraction of sp³-hybridized carbons (Fsp3) is 0.435. The maximum atomic E-state index is 13.2. The number of hydrogen-bond donors (Lipinski definition) is 2. The van der Waals surface area contributed by atoms with E-state index in [-0.39, 0.29) is 18.2 Å². The van der Waals surface area contributed by atoms with Crippen LogP contribution in [0.5, 0.6) is 11.6 Å². The van der Waals surface area contributed by atoms with Crippen molar-refractivity contribution in [2.24, 2.45) is 0 Å². The number of hydrogen-bond acceptors (Lipinski definition) is 9. The minimum atomic E-state index is -4.13. The van der Waals surface area contributed by atoms with Gasteiger partial charge >= 0.3 is 21.9 Å². The van der Waals surface area contributed by atoms with Gasteiger partial charge in [-0.15, -0.1) is 0 Å². The summed E-state index contributed by atoms with van der Waals surface area (Å²) < 4.78 is 47.1. The van der Waals surface area contributed by atoms with E-state index in [4.69, 9.17) is 8.92 Å². The van der Waals surface area contributed by atoms with Gasteiger partial charge in [0.25, 0.3) is 11.8 Å². The van der Waals surface area contributed by atoms with E-state index in [1.54, 1.807) is 13.8 Å². The van der Waals surface area contributed by atoms with Gasteiger partial charge in [-0.25, -0.2) is 9.37 Å². The second kappa shape index (κ2) is 12.0. The van der Waals surface area contributed by atoms with Crippen molar-refractivity contribution < 1.29 is 36.1 Å². The first kappa shape index (κ1) is 29.4. The maximum Gasteiger partial charge on any atom is 0.311 e. The zero-order valence-electron chi connectivity index (χ0n) is 21.4. The van der Waals surface area contributed by atoms with Crippen molar-refractivity contribution in [2.45, 2.75) is 39.8 Å². The van der Waals surface area contributed by atoms with Crippen molar-refractivity contribution in [1.29, 1.82) is 0 Å². The molecule has 3 amide bonds. The van der Waals surface area contributed by atoms with Gasteiger partial charge in [0.2, 0.25) is 5.75 Å². The topological polar surface area (TPSA) is 157 Å². The monoisotopic (exact) mass is 539 g/mol. The lowest BCUT2D eigenvalue weighted by Gasteiger charge is -2.27. The van der Waals surface area contributed by atoms with Crippen molar-refractivity contribution in [3.63, 3.8) is 0 Å². The summed E-state index contributed by atoms with van der Waals surface area (Å²) in [7, 11) is -2.96. The fourth-order valence-corrected chi connectivity index (χ4v) is 3.60. The number of aromatic nitrogens is 2. The van der Waals surface area contributed by atoms with Crippen LogP contribution in [-0.2, 0) is 31.8 Å². The zero-order chi connectivity index (χ0) is 28.0. The minimum absolute atomic E-state index is 0.0441. The van der Waals surface area contributed by atoms with E-state index in [1.807, 2.05) is 0 Å². The average molecular weight is 540 g/mol. The molecule has 2 rings (SSSR count). The molecule has 14 heteroatoms. The second-order valence-electron chi connectivity index (χ2n) is 8.39. The number of carbonyl (C=O) groups excluding carboxylic acids is 3. The van der Waals surface area contributed by atoms with Crippen LogP contribution >= 0.6 is 0 Å². The highest BCUT2D eigenvalue weighted by Gasteiger charge is 2.34. The van der Waals surface area contributed by atoms with E-state index in [9.17, 15) is 27.2 Å². The number of likely N-dealkylation sites (N-methyl/N-ethyl adjacent to an activating group) is 1. The number of benzene rings is 1. The number of halogens is 1. The van der Waals surface area contributed by atoms with Gasteiger partial charge < -0.3 is 24.5 Å². The summed E-state index contributed by atoms with van der Waals surface area (Å²) in [6, 6.07) is 5.36. The van der Waals surface area contributed by atoms with Gasteiger partial charge in [0, 0.05) is 19.6 Å². The molecule has 12 nitrogen and oxygen atoms in total. The summed E-state index contributed by atoms with van der Waals surface area (Å²) in [5.74, 6) is -4.10. The Labute approximate surface area is 214 Å². The number of ether oxygens (including phenoxy) is 1. The molecule has 0 aliphatic carbocycles. The predicted molar refractivity (Wildman–Crippen MR) is 131 cm³/mol. The molecule has 0 atom stereocenters. The second-order valence-corrected chi connectivity index (χ2v) is 9.96. The third-order valence-corrected chi connectivity index (χ3v) is 5.54. The number of nitrogens with zero attached hydrogens (tertiary/aromatic N) is 3. The van der Waals surface area contributed by atoms with Crippen LogP contribution in [0.3, 0.4) is 0 Å². The molecule has 1 heterocycles. The molecule has 1 aromatic heterocycles. The van der Waals surface area contributed by atoms with Crippen LogP contribution in [0.2, 0.25) is 0 Å². The highest BCUT2D eigenvalue weighted by Crippen LogP contribution is 2.32. The molecule has 37 heavy (non-hydrogen) atoms. The van der Waals surface area contributed by atoms with Crippen LogP contribution in [0, 0.1) is 5.82 Å². The Bertz CT molecular complexity index is 1260. The SMILES string of the molecule is CCN(CC)C(=O)C(=O)NC(C)(C)c1nc(OC)c(OS(C)(=O)=O)c(C(=O)NCc2ccc(F)cc2)n1. The van der Waals surface area contributed by atoms with E-state index >= 15 is 0 Å². The molecule has 202 valence electrons. The Morgan fingerprint density at radius 3 is 2.19 bits per heavy atom. The Hall–Kier alpha value is -3.81. The quantitative estimate of drug-likeness (QED) is 0.333. The molecule has 0 saturated carbocycles. The maximum absolute atomic E-state index is 13.2. The van der Waals surface area contributed by atoms with Gasteiger partial charge in [0.15, 0.2) is 11.5 Å². The Kier molecular flexibility index (Phi) is 9.50. The molecule has 0 aliphatic heterocycles. The molecule has 0 fully saturated rings.